The monoisotopic (exact) mass is 412 g/mol. The second-order valence-corrected chi connectivity index (χ2v) is 6.02. The average molecular weight is 412 g/mol. The van der Waals surface area contributed by atoms with Crippen LogP contribution in [0.15, 0.2) is 42.5 Å². The smallest absolute Gasteiger partial charge is 0.416 e. The van der Waals surface area contributed by atoms with Gasteiger partial charge in [0.05, 0.1) is 17.1 Å². The van der Waals surface area contributed by atoms with Gasteiger partial charge < -0.3 is 14.4 Å². The molecule has 7 nitrogen and oxygen atoms in total. The standard InChI is InChI=1S/C19H19F3N2O5/c1-4-28-18(25)12(2)29-15-8-6-14(7-9-15)23(3)16-10-5-13(19(20,21)22)11-17(16)24(26)27/h5-12H,4H2,1-3H3. The fraction of sp³-hybridized carbons (Fsp3) is 0.316. The molecule has 0 aliphatic heterocycles. The van der Waals surface area contributed by atoms with Gasteiger partial charge in [-0.3, -0.25) is 10.1 Å². The second kappa shape index (κ2) is 8.80. The molecule has 0 saturated heterocycles. The van der Waals surface area contributed by atoms with Gasteiger partial charge in [-0.15, -0.1) is 0 Å². The molecule has 1 unspecified atom stereocenters. The molecule has 0 aromatic heterocycles. The molecule has 0 heterocycles. The Morgan fingerprint density at radius 2 is 1.83 bits per heavy atom. The highest BCUT2D eigenvalue weighted by molar-refractivity contribution is 5.75. The largest absolute Gasteiger partial charge is 0.479 e. The summed E-state index contributed by atoms with van der Waals surface area (Å²) >= 11 is 0. The van der Waals surface area contributed by atoms with Crippen LogP contribution in [0.4, 0.5) is 30.2 Å². The third-order valence-corrected chi connectivity index (χ3v) is 4.02. The van der Waals surface area contributed by atoms with Gasteiger partial charge in [0.15, 0.2) is 6.10 Å². The first-order valence-corrected chi connectivity index (χ1v) is 8.57. The number of rotatable bonds is 7. The van der Waals surface area contributed by atoms with Crippen molar-refractivity contribution in [2.75, 3.05) is 18.6 Å². The number of alkyl halides is 3. The molecule has 0 bridgehead atoms. The van der Waals surface area contributed by atoms with Crippen LogP contribution in [0.25, 0.3) is 0 Å². The molecule has 0 fully saturated rings. The third-order valence-electron chi connectivity index (χ3n) is 4.02. The zero-order valence-corrected chi connectivity index (χ0v) is 15.9. The van der Waals surface area contributed by atoms with E-state index in [0.29, 0.717) is 17.5 Å². The van der Waals surface area contributed by atoms with Crippen LogP contribution in [0, 0.1) is 10.1 Å². The third kappa shape index (κ3) is 5.37. The number of hydrogen-bond donors (Lipinski definition) is 0. The summed E-state index contributed by atoms with van der Waals surface area (Å²) < 4.78 is 48.9. The van der Waals surface area contributed by atoms with E-state index in [-0.39, 0.29) is 12.3 Å². The molecular weight excluding hydrogens is 393 g/mol. The number of nitrogens with zero attached hydrogens (tertiary/aromatic N) is 2. The summed E-state index contributed by atoms with van der Waals surface area (Å²) in [5, 5.41) is 11.3. The minimum atomic E-state index is -4.68. The van der Waals surface area contributed by atoms with Crippen molar-refractivity contribution in [3.8, 4) is 5.75 Å². The van der Waals surface area contributed by atoms with Gasteiger partial charge in [0.1, 0.15) is 11.4 Å². The number of carbonyl (C=O) groups is 1. The van der Waals surface area contributed by atoms with Gasteiger partial charge in [0, 0.05) is 18.8 Å². The normalized spacial score (nSPS) is 12.2. The van der Waals surface area contributed by atoms with Crippen molar-refractivity contribution in [1.82, 2.24) is 0 Å². The maximum Gasteiger partial charge on any atom is 0.416 e. The summed E-state index contributed by atoms with van der Waals surface area (Å²) in [6.07, 6.45) is -5.51. The molecule has 2 aromatic rings. The van der Waals surface area contributed by atoms with Gasteiger partial charge in [0.2, 0.25) is 0 Å². The van der Waals surface area contributed by atoms with E-state index in [4.69, 9.17) is 9.47 Å². The Hall–Kier alpha value is -3.30. The van der Waals surface area contributed by atoms with Crippen LogP contribution in [0.2, 0.25) is 0 Å². The zero-order chi connectivity index (χ0) is 21.8. The minimum absolute atomic E-state index is 0.00319. The highest BCUT2D eigenvalue weighted by Crippen LogP contribution is 2.38. The molecule has 0 spiro atoms. The second-order valence-electron chi connectivity index (χ2n) is 6.02. The lowest BCUT2D eigenvalue weighted by Gasteiger charge is -2.21. The maximum absolute atomic E-state index is 12.9. The summed E-state index contributed by atoms with van der Waals surface area (Å²) in [6, 6.07) is 8.55. The Labute approximate surface area is 164 Å². The summed E-state index contributed by atoms with van der Waals surface area (Å²) in [4.78, 5) is 23.4. The number of anilines is 2. The lowest BCUT2D eigenvalue weighted by molar-refractivity contribution is -0.384. The molecule has 0 amide bonds. The predicted molar refractivity (Wildman–Crippen MR) is 99.3 cm³/mol. The summed E-state index contributed by atoms with van der Waals surface area (Å²) in [5.41, 5.74) is -1.29. The number of esters is 1. The Morgan fingerprint density at radius 3 is 2.34 bits per heavy atom. The number of carbonyl (C=O) groups excluding carboxylic acids is 1. The SMILES string of the molecule is CCOC(=O)C(C)Oc1ccc(N(C)c2ccc(C(F)(F)F)cc2[N+](=O)[O-])cc1. The number of nitro benzene ring substituents is 1. The predicted octanol–water partition coefficient (Wildman–Crippen LogP) is 4.71. The van der Waals surface area contributed by atoms with Crippen LogP contribution in [-0.2, 0) is 15.7 Å². The zero-order valence-electron chi connectivity index (χ0n) is 15.9. The number of nitro groups is 1. The molecule has 156 valence electrons. The first-order valence-electron chi connectivity index (χ1n) is 8.57. The van der Waals surface area contributed by atoms with Crippen LogP contribution >= 0.6 is 0 Å². The van der Waals surface area contributed by atoms with Crippen molar-refractivity contribution >= 4 is 23.0 Å². The van der Waals surface area contributed by atoms with Crippen molar-refractivity contribution in [3.05, 3.63) is 58.1 Å². The quantitative estimate of drug-likeness (QED) is 0.372. The van der Waals surface area contributed by atoms with Crippen molar-refractivity contribution in [2.45, 2.75) is 26.1 Å². The van der Waals surface area contributed by atoms with Crippen LogP contribution in [0.5, 0.6) is 5.75 Å². The minimum Gasteiger partial charge on any atom is -0.479 e. The molecule has 0 radical (unpaired) electrons. The topological polar surface area (TPSA) is 81.9 Å². The highest BCUT2D eigenvalue weighted by Gasteiger charge is 2.33. The van der Waals surface area contributed by atoms with E-state index in [1.807, 2.05) is 0 Å². The molecule has 1 atom stereocenters. The van der Waals surface area contributed by atoms with E-state index >= 15 is 0 Å². The first-order chi connectivity index (χ1) is 13.5. The Kier molecular flexibility index (Phi) is 6.68. The van der Waals surface area contributed by atoms with E-state index in [9.17, 15) is 28.1 Å². The summed E-state index contributed by atoms with van der Waals surface area (Å²) in [6.45, 7) is 3.43. The molecular formula is C19H19F3N2O5. The molecule has 2 aromatic carbocycles. The van der Waals surface area contributed by atoms with E-state index in [1.165, 1.54) is 31.0 Å². The molecule has 0 N–H and O–H groups in total. The highest BCUT2D eigenvalue weighted by atomic mass is 19.4. The van der Waals surface area contributed by atoms with Gasteiger partial charge in [-0.05, 0) is 50.2 Å². The number of benzene rings is 2. The summed E-state index contributed by atoms with van der Waals surface area (Å²) in [7, 11) is 1.49. The average Bonchev–Trinajstić information content (AvgIpc) is 2.67. The molecule has 0 aliphatic rings. The molecule has 2 rings (SSSR count). The first kappa shape index (κ1) is 22.0. The number of hydrogen-bond acceptors (Lipinski definition) is 6. The van der Waals surface area contributed by atoms with E-state index in [2.05, 4.69) is 0 Å². The van der Waals surface area contributed by atoms with Crippen LogP contribution < -0.4 is 9.64 Å². The van der Waals surface area contributed by atoms with E-state index in [0.717, 1.165) is 12.1 Å². The fourth-order valence-corrected chi connectivity index (χ4v) is 2.53. The molecule has 29 heavy (non-hydrogen) atoms. The lowest BCUT2D eigenvalue weighted by atomic mass is 10.1. The van der Waals surface area contributed by atoms with Gasteiger partial charge >= 0.3 is 12.1 Å². The van der Waals surface area contributed by atoms with Crippen molar-refractivity contribution in [2.24, 2.45) is 0 Å². The van der Waals surface area contributed by atoms with Crippen molar-refractivity contribution < 1.29 is 32.4 Å². The molecule has 0 aliphatic carbocycles. The van der Waals surface area contributed by atoms with Crippen LogP contribution in [0.1, 0.15) is 19.4 Å². The van der Waals surface area contributed by atoms with Crippen LogP contribution in [0.3, 0.4) is 0 Å². The molecule has 10 heteroatoms. The Balaban J connectivity index is 2.25. The van der Waals surface area contributed by atoms with Gasteiger partial charge in [-0.2, -0.15) is 13.2 Å². The van der Waals surface area contributed by atoms with Crippen molar-refractivity contribution in [3.63, 3.8) is 0 Å². The molecule has 0 saturated carbocycles. The lowest BCUT2D eigenvalue weighted by Crippen LogP contribution is -2.26. The summed E-state index contributed by atoms with van der Waals surface area (Å²) in [5.74, 6) is -0.154. The van der Waals surface area contributed by atoms with Crippen LogP contribution in [-0.4, -0.2) is 30.7 Å². The van der Waals surface area contributed by atoms with Gasteiger partial charge in [0.25, 0.3) is 5.69 Å². The number of ether oxygens (including phenoxy) is 2. The number of halogens is 3. The van der Waals surface area contributed by atoms with E-state index in [1.54, 1.807) is 19.1 Å². The van der Waals surface area contributed by atoms with E-state index < -0.39 is 34.4 Å². The Bertz CT molecular complexity index is 884. The maximum atomic E-state index is 12.9. The Morgan fingerprint density at radius 1 is 1.21 bits per heavy atom. The van der Waals surface area contributed by atoms with Gasteiger partial charge in [-0.1, -0.05) is 0 Å². The van der Waals surface area contributed by atoms with Gasteiger partial charge in [-0.25, -0.2) is 4.79 Å². The fourth-order valence-electron chi connectivity index (χ4n) is 2.53. The van der Waals surface area contributed by atoms with Crippen molar-refractivity contribution in [1.29, 1.82) is 0 Å².